The molecule has 2 nitrogen and oxygen atoms in total. The smallest absolute Gasteiger partial charge is 0.0329 e. The first-order valence-electron chi connectivity index (χ1n) is 8.65. The zero-order valence-electron chi connectivity index (χ0n) is 14.1. The highest BCUT2D eigenvalue weighted by Gasteiger charge is 2.18. The Morgan fingerprint density at radius 2 is 1.71 bits per heavy atom. The van der Waals surface area contributed by atoms with E-state index in [1.165, 1.54) is 62.6 Å². The molecule has 1 fully saturated rings. The van der Waals surface area contributed by atoms with Gasteiger partial charge in [-0.05, 0) is 52.4 Å². The molecule has 0 saturated heterocycles. The van der Waals surface area contributed by atoms with Gasteiger partial charge in [0.1, 0.15) is 0 Å². The lowest BCUT2D eigenvalue weighted by Gasteiger charge is -2.29. The second-order valence-corrected chi connectivity index (χ2v) is 6.67. The van der Waals surface area contributed by atoms with Crippen molar-refractivity contribution in [2.24, 2.45) is 0 Å². The Morgan fingerprint density at radius 1 is 1.10 bits per heavy atom. The van der Waals surface area contributed by atoms with Crippen LogP contribution in [-0.4, -0.2) is 31.6 Å². The molecule has 0 amide bonds. The average molecular weight is 288 g/mol. The van der Waals surface area contributed by atoms with Gasteiger partial charge in [0.2, 0.25) is 0 Å². The van der Waals surface area contributed by atoms with Crippen molar-refractivity contribution in [2.45, 2.75) is 64.0 Å². The zero-order chi connectivity index (χ0) is 15.1. The summed E-state index contributed by atoms with van der Waals surface area (Å²) in [4.78, 5) is 2.60. The maximum Gasteiger partial charge on any atom is 0.0329 e. The molecule has 0 aliphatic heterocycles. The van der Waals surface area contributed by atoms with Gasteiger partial charge < -0.3 is 10.2 Å². The topological polar surface area (TPSA) is 15.3 Å². The molecule has 1 aliphatic rings. The van der Waals surface area contributed by atoms with Gasteiger partial charge in [0.05, 0.1) is 0 Å². The summed E-state index contributed by atoms with van der Waals surface area (Å²) in [6.45, 7) is 3.34. The zero-order valence-corrected chi connectivity index (χ0v) is 14.1. The Labute approximate surface area is 130 Å². The summed E-state index contributed by atoms with van der Waals surface area (Å²) >= 11 is 0. The summed E-state index contributed by atoms with van der Waals surface area (Å²) in [5, 5.41) is 3.48. The Balaban J connectivity index is 1.85. The number of rotatable bonds is 6. The van der Waals surface area contributed by atoms with Crippen LogP contribution in [0.25, 0.3) is 0 Å². The predicted molar refractivity (Wildman–Crippen MR) is 91.7 cm³/mol. The molecule has 0 bridgehead atoms. The molecule has 1 aliphatic carbocycles. The lowest BCUT2D eigenvalue weighted by molar-refractivity contribution is 0.211. The first kappa shape index (κ1) is 16.5. The molecule has 2 rings (SSSR count). The van der Waals surface area contributed by atoms with Gasteiger partial charge in [-0.25, -0.2) is 0 Å². The van der Waals surface area contributed by atoms with Crippen LogP contribution in [0.1, 0.15) is 62.1 Å². The minimum absolute atomic E-state index is 0.471. The standard InChI is InChI=1S/C19H32N2/c1-16-10-12-17(13-11-16)19(20-2)14-15-21(3)18-8-6-4-5-7-9-18/h10-13,18-20H,4-9,14-15H2,1-3H3. The highest BCUT2D eigenvalue weighted by atomic mass is 15.1. The van der Waals surface area contributed by atoms with Crippen LogP contribution < -0.4 is 5.32 Å². The van der Waals surface area contributed by atoms with E-state index in [-0.39, 0.29) is 0 Å². The molecule has 2 heteroatoms. The van der Waals surface area contributed by atoms with Gasteiger partial charge in [0.25, 0.3) is 0 Å². The van der Waals surface area contributed by atoms with Crippen LogP contribution in [-0.2, 0) is 0 Å². The largest absolute Gasteiger partial charge is 0.313 e. The van der Waals surface area contributed by atoms with Crippen molar-refractivity contribution < 1.29 is 0 Å². The fraction of sp³-hybridized carbons (Fsp3) is 0.684. The monoisotopic (exact) mass is 288 g/mol. The Hall–Kier alpha value is -0.860. The van der Waals surface area contributed by atoms with Gasteiger partial charge in [-0.1, -0.05) is 55.5 Å². The average Bonchev–Trinajstić information content (AvgIpc) is 2.78. The maximum absolute atomic E-state index is 3.48. The molecule has 1 aromatic carbocycles. The summed E-state index contributed by atoms with van der Waals surface area (Å²) in [5.74, 6) is 0. The van der Waals surface area contributed by atoms with Gasteiger partial charge >= 0.3 is 0 Å². The number of nitrogens with one attached hydrogen (secondary N) is 1. The van der Waals surface area contributed by atoms with Crippen LogP contribution in [0.15, 0.2) is 24.3 Å². The summed E-state index contributed by atoms with van der Waals surface area (Å²) in [6, 6.07) is 10.2. The van der Waals surface area contributed by atoms with Crippen molar-refractivity contribution in [1.29, 1.82) is 0 Å². The number of aryl methyl sites for hydroxylation is 1. The molecule has 1 unspecified atom stereocenters. The highest BCUT2D eigenvalue weighted by molar-refractivity contribution is 5.24. The molecule has 21 heavy (non-hydrogen) atoms. The van der Waals surface area contributed by atoms with E-state index < -0.39 is 0 Å². The number of benzene rings is 1. The number of hydrogen-bond donors (Lipinski definition) is 1. The SMILES string of the molecule is CNC(CCN(C)C1CCCCCC1)c1ccc(C)cc1. The van der Waals surface area contributed by atoms with Crippen molar-refractivity contribution in [3.63, 3.8) is 0 Å². The molecule has 1 N–H and O–H groups in total. The predicted octanol–water partition coefficient (Wildman–Crippen LogP) is 4.30. The summed E-state index contributed by atoms with van der Waals surface area (Å²) in [5.41, 5.74) is 2.75. The molecule has 0 heterocycles. The van der Waals surface area contributed by atoms with Crippen LogP contribution in [0.5, 0.6) is 0 Å². The van der Waals surface area contributed by atoms with E-state index in [4.69, 9.17) is 0 Å². The molecule has 0 radical (unpaired) electrons. The van der Waals surface area contributed by atoms with Gasteiger partial charge in [0.15, 0.2) is 0 Å². The lowest BCUT2D eigenvalue weighted by Crippen LogP contribution is -2.34. The minimum atomic E-state index is 0.471. The van der Waals surface area contributed by atoms with Crippen LogP contribution in [0.2, 0.25) is 0 Å². The lowest BCUT2D eigenvalue weighted by atomic mass is 10.0. The van der Waals surface area contributed by atoms with Crippen LogP contribution in [0, 0.1) is 6.92 Å². The van der Waals surface area contributed by atoms with E-state index in [0.29, 0.717) is 6.04 Å². The van der Waals surface area contributed by atoms with Crippen LogP contribution in [0.4, 0.5) is 0 Å². The molecule has 1 aromatic rings. The highest BCUT2D eigenvalue weighted by Crippen LogP contribution is 2.23. The minimum Gasteiger partial charge on any atom is -0.313 e. The number of nitrogens with zero attached hydrogens (tertiary/aromatic N) is 1. The molecule has 1 saturated carbocycles. The third-order valence-corrected chi connectivity index (χ3v) is 5.05. The van der Waals surface area contributed by atoms with Gasteiger partial charge in [-0.3, -0.25) is 0 Å². The molecule has 0 spiro atoms. The summed E-state index contributed by atoms with van der Waals surface area (Å²) in [7, 11) is 4.40. The summed E-state index contributed by atoms with van der Waals surface area (Å²) < 4.78 is 0. The third-order valence-electron chi connectivity index (χ3n) is 5.05. The Bertz CT molecular complexity index is 391. The number of hydrogen-bond acceptors (Lipinski definition) is 2. The molecular formula is C19H32N2. The van der Waals surface area contributed by atoms with Crippen molar-refractivity contribution >= 4 is 0 Å². The van der Waals surface area contributed by atoms with E-state index in [0.717, 1.165) is 6.04 Å². The van der Waals surface area contributed by atoms with Crippen LogP contribution >= 0.6 is 0 Å². The second-order valence-electron chi connectivity index (χ2n) is 6.67. The van der Waals surface area contributed by atoms with Crippen LogP contribution in [0.3, 0.4) is 0 Å². The van der Waals surface area contributed by atoms with Crippen molar-refractivity contribution in [3.05, 3.63) is 35.4 Å². The van der Waals surface area contributed by atoms with Gasteiger partial charge in [-0.2, -0.15) is 0 Å². The molecule has 118 valence electrons. The van der Waals surface area contributed by atoms with Gasteiger partial charge in [-0.15, -0.1) is 0 Å². The third kappa shape index (κ3) is 5.12. The fourth-order valence-electron chi connectivity index (χ4n) is 3.49. The fourth-order valence-corrected chi connectivity index (χ4v) is 3.49. The Kier molecular flexibility index (Phi) is 6.72. The van der Waals surface area contributed by atoms with E-state index in [1.807, 2.05) is 0 Å². The van der Waals surface area contributed by atoms with Crippen molar-refractivity contribution in [1.82, 2.24) is 10.2 Å². The Morgan fingerprint density at radius 3 is 2.29 bits per heavy atom. The van der Waals surface area contributed by atoms with E-state index >= 15 is 0 Å². The molecule has 0 aromatic heterocycles. The molecular weight excluding hydrogens is 256 g/mol. The van der Waals surface area contributed by atoms with E-state index in [2.05, 4.69) is 55.5 Å². The molecule has 1 atom stereocenters. The normalized spacial score (nSPS) is 18.7. The first-order valence-corrected chi connectivity index (χ1v) is 8.65. The quantitative estimate of drug-likeness (QED) is 0.785. The second kappa shape index (κ2) is 8.55. The maximum atomic E-state index is 3.48. The summed E-state index contributed by atoms with van der Waals surface area (Å²) in [6.07, 6.45) is 9.69. The first-order chi connectivity index (χ1) is 10.2. The van der Waals surface area contributed by atoms with Gasteiger partial charge in [0, 0.05) is 12.1 Å². The van der Waals surface area contributed by atoms with Crippen molar-refractivity contribution in [2.75, 3.05) is 20.6 Å². The van der Waals surface area contributed by atoms with Crippen molar-refractivity contribution in [3.8, 4) is 0 Å². The van der Waals surface area contributed by atoms with E-state index in [9.17, 15) is 0 Å². The van der Waals surface area contributed by atoms with E-state index in [1.54, 1.807) is 0 Å².